The van der Waals surface area contributed by atoms with Crippen molar-refractivity contribution in [2.45, 2.75) is 6.54 Å². The maximum Gasteiger partial charge on any atom is 0.420 e. The van der Waals surface area contributed by atoms with Gasteiger partial charge < -0.3 is 4.42 Å². The number of hydrogen-bond acceptors (Lipinski definition) is 5. The van der Waals surface area contributed by atoms with Gasteiger partial charge in [-0.3, -0.25) is 4.57 Å². The fourth-order valence-corrected chi connectivity index (χ4v) is 2.18. The van der Waals surface area contributed by atoms with Crippen molar-refractivity contribution in [1.82, 2.24) is 24.8 Å². The maximum atomic E-state index is 11.8. The number of fused-ring (bicyclic) bond motifs is 1. The highest BCUT2D eigenvalue weighted by Gasteiger charge is 2.12. The lowest BCUT2D eigenvalue weighted by Crippen LogP contribution is -2.15. The molecule has 0 amide bonds. The van der Waals surface area contributed by atoms with Crippen LogP contribution in [0.4, 0.5) is 0 Å². The molecule has 8 heteroatoms. The molecular formula is C10H8IN5O2. The van der Waals surface area contributed by atoms with Crippen molar-refractivity contribution in [1.29, 1.82) is 0 Å². The highest BCUT2D eigenvalue weighted by molar-refractivity contribution is 14.1. The van der Waals surface area contributed by atoms with Gasteiger partial charge in [0.2, 0.25) is 0 Å². The van der Waals surface area contributed by atoms with Crippen molar-refractivity contribution < 1.29 is 4.42 Å². The summed E-state index contributed by atoms with van der Waals surface area (Å²) < 4.78 is 7.68. The number of halogens is 1. The number of aromatic nitrogens is 5. The van der Waals surface area contributed by atoms with Crippen LogP contribution in [0.2, 0.25) is 0 Å². The van der Waals surface area contributed by atoms with E-state index in [-0.39, 0.29) is 6.54 Å². The van der Waals surface area contributed by atoms with Crippen LogP contribution in [0.25, 0.3) is 11.1 Å². The second kappa shape index (κ2) is 4.19. The van der Waals surface area contributed by atoms with Gasteiger partial charge in [0.05, 0.1) is 19.1 Å². The number of oxazole rings is 1. The van der Waals surface area contributed by atoms with E-state index in [0.29, 0.717) is 11.4 Å². The SMILES string of the molecule is Cn1nnc(Cn2c(=O)oc3cc(I)ccc32)n1. The second-order valence-corrected chi connectivity index (χ2v) is 5.01. The molecule has 0 bridgehead atoms. The van der Waals surface area contributed by atoms with Crippen LogP contribution < -0.4 is 5.76 Å². The topological polar surface area (TPSA) is 78.7 Å². The van der Waals surface area contributed by atoms with E-state index in [9.17, 15) is 4.79 Å². The molecule has 2 aromatic heterocycles. The van der Waals surface area contributed by atoms with E-state index >= 15 is 0 Å². The van der Waals surface area contributed by atoms with E-state index < -0.39 is 5.76 Å². The van der Waals surface area contributed by atoms with E-state index in [1.54, 1.807) is 7.05 Å². The van der Waals surface area contributed by atoms with E-state index in [4.69, 9.17) is 4.42 Å². The minimum absolute atomic E-state index is 0.250. The Kier molecular flexibility index (Phi) is 2.65. The first-order valence-corrected chi connectivity index (χ1v) is 6.23. The van der Waals surface area contributed by atoms with E-state index in [1.165, 1.54) is 9.36 Å². The lowest BCUT2D eigenvalue weighted by atomic mass is 10.3. The van der Waals surface area contributed by atoms with Gasteiger partial charge >= 0.3 is 5.76 Å². The standard InChI is InChI=1S/C10H8IN5O2/c1-15-13-9(12-14-15)5-16-7-3-2-6(11)4-8(7)18-10(16)17/h2-4H,5H2,1H3. The van der Waals surface area contributed by atoms with Gasteiger partial charge in [0, 0.05) is 3.57 Å². The zero-order valence-corrected chi connectivity index (χ0v) is 11.5. The van der Waals surface area contributed by atoms with Crippen LogP contribution in [0.15, 0.2) is 27.4 Å². The monoisotopic (exact) mass is 357 g/mol. The number of hydrogen-bond donors (Lipinski definition) is 0. The van der Waals surface area contributed by atoms with Crippen molar-refractivity contribution >= 4 is 33.7 Å². The largest absolute Gasteiger partial charge is 0.420 e. The normalized spacial score (nSPS) is 11.2. The summed E-state index contributed by atoms with van der Waals surface area (Å²) in [4.78, 5) is 13.1. The van der Waals surface area contributed by atoms with Crippen LogP contribution >= 0.6 is 22.6 Å². The van der Waals surface area contributed by atoms with Crippen LogP contribution in [0, 0.1) is 3.57 Å². The molecule has 0 atom stereocenters. The first kappa shape index (κ1) is 11.4. The summed E-state index contributed by atoms with van der Waals surface area (Å²) in [5, 5.41) is 11.6. The molecule has 0 aliphatic carbocycles. The minimum Gasteiger partial charge on any atom is -0.408 e. The zero-order chi connectivity index (χ0) is 12.7. The quantitative estimate of drug-likeness (QED) is 0.633. The summed E-state index contributed by atoms with van der Waals surface area (Å²) in [6, 6.07) is 5.58. The lowest BCUT2D eigenvalue weighted by Gasteiger charge is -1.97. The van der Waals surface area contributed by atoms with Crippen molar-refractivity contribution in [3.8, 4) is 0 Å². The third-order valence-electron chi connectivity index (χ3n) is 2.48. The molecule has 7 nitrogen and oxygen atoms in total. The smallest absolute Gasteiger partial charge is 0.408 e. The molecule has 3 aromatic rings. The van der Waals surface area contributed by atoms with Crippen molar-refractivity contribution in [3.05, 3.63) is 38.1 Å². The first-order valence-electron chi connectivity index (χ1n) is 5.15. The number of benzene rings is 1. The van der Waals surface area contributed by atoms with Gasteiger partial charge in [-0.2, -0.15) is 4.80 Å². The molecule has 2 heterocycles. The fraction of sp³-hybridized carbons (Fsp3) is 0.200. The third kappa shape index (κ3) is 1.92. The van der Waals surface area contributed by atoms with Crippen LogP contribution in [0.1, 0.15) is 5.82 Å². The molecule has 0 aliphatic heterocycles. The first-order chi connectivity index (χ1) is 8.63. The lowest BCUT2D eigenvalue weighted by molar-refractivity contribution is 0.513. The van der Waals surface area contributed by atoms with Crippen LogP contribution in [0.3, 0.4) is 0 Å². The third-order valence-corrected chi connectivity index (χ3v) is 3.15. The van der Waals surface area contributed by atoms with Gasteiger partial charge in [0.25, 0.3) is 0 Å². The Morgan fingerprint density at radius 3 is 3.00 bits per heavy atom. The summed E-state index contributed by atoms with van der Waals surface area (Å²) in [6.07, 6.45) is 0. The summed E-state index contributed by atoms with van der Waals surface area (Å²) in [5.74, 6) is 0.0558. The molecule has 1 aromatic carbocycles. The number of aryl methyl sites for hydroxylation is 1. The zero-order valence-electron chi connectivity index (χ0n) is 9.37. The molecule has 0 fully saturated rings. The van der Waals surface area contributed by atoms with Crippen molar-refractivity contribution in [2.75, 3.05) is 0 Å². The Hall–Kier alpha value is -1.71. The Bertz CT molecular complexity index is 772. The average molecular weight is 357 g/mol. The van der Waals surface area contributed by atoms with Gasteiger partial charge in [-0.05, 0) is 46.0 Å². The second-order valence-electron chi connectivity index (χ2n) is 3.76. The van der Waals surface area contributed by atoms with Crippen LogP contribution in [0.5, 0.6) is 0 Å². The molecule has 0 unspecified atom stereocenters. The Morgan fingerprint density at radius 2 is 2.28 bits per heavy atom. The van der Waals surface area contributed by atoms with Gasteiger partial charge in [0.15, 0.2) is 11.4 Å². The van der Waals surface area contributed by atoms with E-state index in [0.717, 1.165) is 9.09 Å². The molecule has 0 spiro atoms. The predicted molar refractivity (Wildman–Crippen MR) is 71.1 cm³/mol. The van der Waals surface area contributed by atoms with E-state index in [1.807, 2.05) is 18.2 Å². The van der Waals surface area contributed by atoms with Crippen LogP contribution in [-0.4, -0.2) is 24.8 Å². The average Bonchev–Trinajstić information content (AvgIpc) is 2.84. The number of nitrogens with zero attached hydrogens (tertiary/aromatic N) is 5. The molecule has 18 heavy (non-hydrogen) atoms. The van der Waals surface area contributed by atoms with E-state index in [2.05, 4.69) is 38.0 Å². The number of rotatable bonds is 2. The molecule has 3 rings (SSSR count). The highest BCUT2D eigenvalue weighted by atomic mass is 127. The minimum atomic E-state index is -0.417. The molecule has 0 radical (unpaired) electrons. The molecule has 0 N–H and O–H groups in total. The molecule has 92 valence electrons. The highest BCUT2D eigenvalue weighted by Crippen LogP contribution is 2.16. The van der Waals surface area contributed by atoms with Crippen LogP contribution in [-0.2, 0) is 13.6 Å². The Balaban J connectivity index is 2.11. The summed E-state index contributed by atoms with van der Waals surface area (Å²) in [5.41, 5.74) is 1.30. The summed E-state index contributed by atoms with van der Waals surface area (Å²) >= 11 is 2.17. The maximum absolute atomic E-state index is 11.8. The molecule has 0 saturated carbocycles. The van der Waals surface area contributed by atoms with Gasteiger partial charge in [-0.1, -0.05) is 0 Å². The summed E-state index contributed by atoms with van der Waals surface area (Å²) in [7, 11) is 1.68. The Morgan fingerprint density at radius 1 is 1.44 bits per heavy atom. The van der Waals surface area contributed by atoms with Crippen molar-refractivity contribution in [2.24, 2.45) is 7.05 Å². The van der Waals surface area contributed by atoms with Gasteiger partial charge in [0.1, 0.15) is 0 Å². The molecule has 0 saturated heterocycles. The number of tetrazole rings is 1. The van der Waals surface area contributed by atoms with Gasteiger partial charge in [-0.25, -0.2) is 4.79 Å². The van der Waals surface area contributed by atoms with Gasteiger partial charge in [-0.15, -0.1) is 10.2 Å². The Labute approximate surface area is 115 Å². The molecular weight excluding hydrogens is 349 g/mol. The summed E-state index contributed by atoms with van der Waals surface area (Å²) in [6.45, 7) is 0.250. The predicted octanol–water partition coefficient (Wildman–Crippen LogP) is 0.771. The van der Waals surface area contributed by atoms with Crippen molar-refractivity contribution in [3.63, 3.8) is 0 Å². The molecule has 0 aliphatic rings. The fourth-order valence-electron chi connectivity index (χ4n) is 1.72.